The number of unbranched alkanes of at least 4 members (excludes halogenated alkanes) is 35. The SMILES string of the molecule is CC/C=C\C/C=C\C/C=C\C/C=C\C/C=C\CCCCCC(=O)OCC(COP(=O)(O)OCC(O)COP(=O)(O)OCC(COC(=O)CCCCCCCCCCCCCCC)OC(=O)CCCCCCCCCCCCC)OC(=O)CCCCCCCCCCCCC. The summed E-state index contributed by atoms with van der Waals surface area (Å²) < 4.78 is 68.3. The summed E-state index contributed by atoms with van der Waals surface area (Å²) in [4.78, 5) is 72.6. The van der Waals surface area contributed by atoms with E-state index in [-0.39, 0.29) is 25.7 Å². The first-order chi connectivity index (χ1) is 45.7. The Hall–Kier alpha value is -3.24. The summed E-state index contributed by atoms with van der Waals surface area (Å²) in [5.41, 5.74) is 0. The molecule has 19 heteroatoms. The van der Waals surface area contributed by atoms with Crippen molar-refractivity contribution in [1.29, 1.82) is 0 Å². The molecule has 0 amide bonds. The largest absolute Gasteiger partial charge is 0.472 e. The predicted molar refractivity (Wildman–Crippen MR) is 381 cm³/mol. The molecule has 94 heavy (non-hydrogen) atoms. The minimum Gasteiger partial charge on any atom is -0.462 e. The van der Waals surface area contributed by atoms with Gasteiger partial charge in [-0.2, -0.15) is 0 Å². The van der Waals surface area contributed by atoms with Crippen molar-refractivity contribution < 1.29 is 80.2 Å². The van der Waals surface area contributed by atoms with Crippen LogP contribution in [0, 0.1) is 0 Å². The molecule has 5 unspecified atom stereocenters. The van der Waals surface area contributed by atoms with E-state index in [9.17, 15) is 43.2 Å². The van der Waals surface area contributed by atoms with Crippen molar-refractivity contribution in [1.82, 2.24) is 0 Å². The van der Waals surface area contributed by atoms with Crippen molar-refractivity contribution in [3.05, 3.63) is 60.8 Å². The number of aliphatic hydroxyl groups is 1. The zero-order valence-corrected chi connectivity index (χ0v) is 61.4. The van der Waals surface area contributed by atoms with E-state index in [1.165, 1.54) is 135 Å². The Balaban J connectivity index is 5.28. The summed E-state index contributed by atoms with van der Waals surface area (Å²) in [7, 11) is -9.93. The maximum atomic E-state index is 13.0. The molecule has 0 heterocycles. The summed E-state index contributed by atoms with van der Waals surface area (Å²) >= 11 is 0. The minimum absolute atomic E-state index is 0.0928. The molecule has 0 aromatic carbocycles. The Kier molecular flexibility index (Phi) is 65.9. The number of hydrogen-bond acceptors (Lipinski definition) is 15. The topological polar surface area (TPSA) is 237 Å². The van der Waals surface area contributed by atoms with E-state index in [4.69, 9.17) is 37.0 Å². The third-order valence-electron chi connectivity index (χ3n) is 16.0. The molecule has 0 aliphatic rings. The van der Waals surface area contributed by atoms with Crippen LogP contribution in [0.15, 0.2) is 60.8 Å². The van der Waals surface area contributed by atoms with E-state index in [1.54, 1.807) is 0 Å². The van der Waals surface area contributed by atoms with E-state index >= 15 is 0 Å². The van der Waals surface area contributed by atoms with Crippen LogP contribution in [-0.2, 0) is 65.4 Å². The van der Waals surface area contributed by atoms with Crippen LogP contribution >= 0.6 is 15.6 Å². The Morgan fingerprint density at radius 2 is 0.553 bits per heavy atom. The summed E-state index contributed by atoms with van der Waals surface area (Å²) in [5.74, 6) is -2.18. The van der Waals surface area contributed by atoms with Crippen LogP contribution < -0.4 is 0 Å². The fourth-order valence-corrected chi connectivity index (χ4v) is 11.9. The van der Waals surface area contributed by atoms with Crippen LogP contribution in [0.1, 0.15) is 336 Å². The van der Waals surface area contributed by atoms with Gasteiger partial charge in [0.2, 0.25) is 0 Å². The number of carbonyl (C=O) groups excluding carboxylic acids is 4. The monoisotopic (exact) mass is 1370 g/mol. The average Bonchev–Trinajstić information content (AvgIpc) is 1.24. The van der Waals surface area contributed by atoms with Gasteiger partial charge in [-0.3, -0.25) is 37.3 Å². The smallest absolute Gasteiger partial charge is 0.462 e. The first-order valence-corrected chi connectivity index (χ1v) is 40.5. The molecule has 0 aromatic heterocycles. The van der Waals surface area contributed by atoms with Gasteiger partial charge in [-0.05, 0) is 70.6 Å². The first kappa shape index (κ1) is 90.8. The van der Waals surface area contributed by atoms with Crippen LogP contribution in [0.2, 0.25) is 0 Å². The van der Waals surface area contributed by atoms with Crippen molar-refractivity contribution in [3.8, 4) is 0 Å². The third kappa shape index (κ3) is 67.3. The second kappa shape index (κ2) is 68.3. The quantitative estimate of drug-likeness (QED) is 0.0169. The second-order valence-corrected chi connectivity index (χ2v) is 28.1. The second-order valence-electron chi connectivity index (χ2n) is 25.2. The van der Waals surface area contributed by atoms with Gasteiger partial charge in [-0.25, -0.2) is 9.13 Å². The normalized spacial score (nSPS) is 14.3. The number of esters is 4. The molecule has 3 N–H and O–H groups in total. The van der Waals surface area contributed by atoms with E-state index < -0.39 is 97.5 Å². The van der Waals surface area contributed by atoms with Gasteiger partial charge in [-0.1, -0.05) is 300 Å². The highest BCUT2D eigenvalue weighted by Crippen LogP contribution is 2.45. The highest BCUT2D eigenvalue weighted by molar-refractivity contribution is 7.47. The standard InChI is InChI=1S/C75H136O17P2/c1-5-9-13-17-21-25-29-31-32-33-34-35-36-38-42-44-48-52-56-60-73(78)86-66-71(92-75(80)62-58-54-50-46-40-28-24-20-16-12-8-4)68-90-94(83,84)88-64-69(76)63-87-93(81,82)89-67-70(91-74(79)61-57-53-49-45-39-27-23-19-15-11-7-3)65-85-72(77)59-55-51-47-43-41-37-30-26-22-18-14-10-6-2/h9,13,21,25,31-32,34-35,38,42,69-71,76H,5-8,10-12,14-20,22-24,26-30,33,36-37,39-41,43-68H2,1-4H3,(H,81,82)(H,83,84)/b13-9-,25-21-,32-31-,35-34-,42-38-. The van der Waals surface area contributed by atoms with Gasteiger partial charge in [0, 0.05) is 25.7 Å². The molecule has 548 valence electrons. The fraction of sp³-hybridized carbons (Fsp3) is 0.813. The van der Waals surface area contributed by atoms with Gasteiger partial charge >= 0.3 is 39.5 Å². The lowest BCUT2D eigenvalue weighted by molar-refractivity contribution is -0.161. The molecule has 0 rings (SSSR count). The average molecular weight is 1370 g/mol. The Labute approximate surface area is 571 Å². The molecular formula is C75H136O17P2. The molecule has 0 bridgehead atoms. The number of phosphoric acid groups is 2. The lowest BCUT2D eigenvalue weighted by Gasteiger charge is -2.21. The number of rotatable bonds is 71. The summed E-state index contributed by atoms with van der Waals surface area (Å²) in [5, 5.41) is 10.6. The number of ether oxygens (including phenoxy) is 4. The van der Waals surface area contributed by atoms with Crippen molar-refractivity contribution in [2.45, 2.75) is 354 Å². The zero-order valence-electron chi connectivity index (χ0n) is 59.6. The van der Waals surface area contributed by atoms with Crippen LogP contribution in [0.4, 0.5) is 0 Å². The van der Waals surface area contributed by atoms with Gasteiger partial charge in [0.1, 0.15) is 19.3 Å². The molecule has 0 aliphatic carbocycles. The predicted octanol–water partition coefficient (Wildman–Crippen LogP) is 21.1. The Bertz CT molecular complexity index is 2030. The third-order valence-corrected chi connectivity index (χ3v) is 17.9. The molecule has 0 aliphatic heterocycles. The maximum absolute atomic E-state index is 13.0. The first-order valence-electron chi connectivity index (χ1n) is 37.5. The summed E-state index contributed by atoms with van der Waals surface area (Å²) in [6.45, 7) is 4.75. The lowest BCUT2D eigenvalue weighted by atomic mass is 10.0. The van der Waals surface area contributed by atoms with Crippen molar-refractivity contribution in [2.75, 3.05) is 39.6 Å². The van der Waals surface area contributed by atoms with E-state index in [0.717, 1.165) is 122 Å². The van der Waals surface area contributed by atoms with Crippen molar-refractivity contribution >= 4 is 39.5 Å². The molecule has 0 saturated carbocycles. The Morgan fingerprint density at radius 1 is 0.309 bits per heavy atom. The molecule has 5 atom stereocenters. The van der Waals surface area contributed by atoms with E-state index in [0.29, 0.717) is 25.7 Å². The highest BCUT2D eigenvalue weighted by atomic mass is 31.2. The van der Waals surface area contributed by atoms with Crippen molar-refractivity contribution in [3.63, 3.8) is 0 Å². The molecule has 17 nitrogen and oxygen atoms in total. The maximum Gasteiger partial charge on any atom is 0.472 e. The van der Waals surface area contributed by atoms with E-state index in [1.807, 2.05) is 0 Å². The van der Waals surface area contributed by atoms with Crippen LogP contribution in [-0.4, -0.2) is 96.7 Å². The number of carbonyl (C=O) groups is 4. The molecule has 0 spiro atoms. The van der Waals surface area contributed by atoms with Gasteiger partial charge in [0.05, 0.1) is 26.4 Å². The van der Waals surface area contributed by atoms with Crippen molar-refractivity contribution in [2.24, 2.45) is 0 Å². The number of phosphoric ester groups is 2. The minimum atomic E-state index is -4.97. The zero-order chi connectivity index (χ0) is 69.0. The molecule has 0 radical (unpaired) electrons. The van der Waals surface area contributed by atoms with Gasteiger partial charge in [0.15, 0.2) is 12.2 Å². The molecule has 0 saturated heterocycles. The molecule has 0 aromatic rings. The Morgan fingerprint density at radius 3 is 0.851 bits per heavy atom. The van der Waals surface area contributed by atoms with Crippen LogP contribution in [0.5, 0.6) is 0 Å². The highest BCUT2D eigenvalue weighted by Gasteiger charge is 2.30. The molecule has 0 fully saturated rings. The fourth-order valence-electron chi connectivity index (χ4n) is 10.3. The lowest BCUT2D eigenvalue weighted by Crippen LogP contribution is -2.30. The number of aliphatic hydroxyl groups excluding tert-OH is 1. The van der Waals surface area contributed by atoms with Gasteiger partial charge < -0.3 is 33.8 Å². The number of hydrogen-bond donors (Lipinski definition) is 3. The van der Waals surface area contributed by atoms with Crippen LogP contribution in [0.3, 0.4) is 0 Å². The van der Waals surface area contributed by atoms with Gasteiger partial charge in [-0.15, -0.1) is 0 Å². The summed E-state index contributed by atoms with van der Waals surface area (Å²) in [6.07, 6.45) is 65.1. The molecular weight excluding hydrogens is 1230 g/mol. The number of allylic oxidation sites excluding steroid dienone is 10. The summed E-state index contributed by atoms with van der Waals surface area (Å²) in [6, 6.07) is 0. The van der Waals surface area contributed by atoms with Crippen LogP contribution in [0.25, 0.3) is 0 Å². The van der Waals surface area contributed by atoms with Gasteiger partial charge in [0.25, 0.3) is 0 Å². The van der Waals surface area contributed by atoms with E-state index in [2.05, 4.69) is 88.5 Å².